The molecule has 1 aromatic heterocycles. The Labute approximate surface area is 206 Å². The van der Waals surface area contributed by atoms with Gasteiger partial charge in [0, 0.05) is 39.3 Å². The van der Waals surface area contributed by atoms with Crippen molar-refractivity contribution in [3.8, 4) is 0 Å². The van der Waals surface area contributed by atoms with Crippen molar-refractivity contribution in [3.63, 3.8) is 0 Å². The molecule has 5 N–H and O–H groups in total. The fourth-order valence-corrected chi connectivity index (χ4v) is 3.56. The fourth-order valence-electron chi connectivity index (χ4n) is 3.56. The Bertz CT molecular complexity index is 962. The molecule has 1 amide bonds. The summed E-state index contributed by atoms with van der Waals surface area (Å²) in [6.07, 6.45) is -3.46. The maximum absolute atomic E-state index is 15.1. The summed E-state index contributed by atoms with van der Waals surface area (Å²) < 4.78 is 53.5. The van der Waals surface area contributed by atoms with Gasteiger partial charge in [-0.05, 0) is 37.5 Å². The lowest BCUT2D eigenvalue weighted by Crippen LogP contribution is -2.40. The third-order valence-electron chi connectivity index (χ3n) is 5.36. The van der Waals surface area contributed by atoms with Crippen molar-refractivity contribution in [2.75, 3.05) is 49.5 Å². The average molecular weight is 517 g/mol. The molecule has 0 aliphatic rings. The van der Waals surface area contributed by atoms with Crippen LogP contribution in [0.5, 0.6) is 0 Å². The van der Waals surface area contributed by atoms with Gasteiger partial charge in [-0.25, -0.2) is 9.97 Å². The number of aromatic nitrogens is 2. The lowest BCUT2D eigenvalue weighted by Gasteiger charge is -2.24. The van der Waals surface area contributed by atoms with Crippen molar-refractivity contribution in [2.45, 2.75) is 38.6 Å². The van der Waals surface area contributed by atoms with Crippen LogP contribution in [0, 0.1) is 5.82 Å². The molecule has 1 aromatic carbocycles. The van der Waals surface area contributed by atoms with Crippen LogP contribution >= 0.6 is 0 Å². The van der Waals surface area contributed by atoms with E-state index < -0.39 is 29.6 Å². The van der Waals surface area contributed by atoms with Crippen LogP contribution in [0.3, 0.4) is 0 Å². The number of halogens is 4. The number of nitrogens with two attached hydrogens (primary N) is 1. The van der Waals surface area contributed by atoms with Crippen LogP contribution < -0.4 is 16.0 Å². The Morgan fingerprint density at radius 3 is 2.50 bits per heavy atom. The Morgan fingerprint density at radius 1 is 1.22 bits per heavy atom. The normalized spacial score (nSPS) is 12.6. The predicted molar refractivity (Wildman–Crippen MR) is 127 cm³/mol. The lowest BCUT2D eigenvalue weighted by molar-refractivity contribution is -0.137. The zero-order chi connectivity index (χ0) is 26.7. The molecule has 0 saturated heterocycles. The second-order valence-corrected chi connectivity index (χ2v) is 8.22. The van der Waals surface area contributed by atoms with Gasteiger partial charge in [-0.15, -0.1) is 0 Å². The third kappa shape index (κ3) is 9.21. The summed E-state index contributed by atoms with van der Waals surface area (Å²) in [6, 6.07) is 4.64. The molecule has 0 unspecified atom stereocenters. The number of alkyl halides is 3. The van der Waals surface area contributed by atoms with Crippen LogP contribution in [-0.2, 0) is 17.5 Å². The van der Waals surface area contributed by atoms with Crippen molar-refractivity contribution in [3.05, 3.63) is 47.5 Å². The zero-order valence-electron chi connectivity index (χ0n) is 20.0. The summed E-state index contributed by atoms with van der Waals surface area (Å²) in [6.45, 7) is 2.85. The minimum atomic E-state index is -4.44. The first kappa shape index (κ1) is 29.2. The van der Waals surface area contributed by atoms with Gasteiger partial charge in [0.15, 0.2) is 11.6 Å². The standard InChI is InChI=1S/C23H32F4N6O3/c1-2-33(12-16-4-6-17(7-5-16)23(25,26)27)22-20(24)21(30-15-31-22)29-9-8-18(35)13-32(10-3-11-34)14-19(28)36/h4-7,15,18,34-35H,2-3,8-14H2,1H3,(H2,28,36)(H,29,30,31)/t18-/m0/s1. The Balaban J connectivity index is 1.98. The van der Waals surface area contributed by atoms with E-state index >= 15 is 4.39 Å². The van der Waals surface area contributed by atoms with Crippen molar-refractivity contribution in [1.82, 2.24) is 14.9 Å². The molecule has 200 valence electrons. The molecule has 0 radical (unpaired) electrons. The first-order valence-corrected chi connectivity index (χ1v) is 11.5. The molecule has 9 nitrogen and oxygen atoms in total. The summed E-state index contributed by atoms with van der Waals surface area (Å²) in [5.41, 5.74) is 5.01. The summed E-state index contributed by atoms with van der Waals surface area (Å²) in [7, 11) is 0. The van der Waals surface area contributed by atoms with Gasteiger partial charge in [0.1, 0.15) is 6.33 Å². The van der Waals surface area contributed by atoms with Crippen molar-refractivity contribution in [2.24, 2.45) is 5.73 Å². The minimum Gasteiger partial charge on any atom is -0.396 e. The van der Waals surface area contributed by atoms with Crippen LogP contribution in [-0.4, -0.2) is 76.4 Å². The summed E-state index contributed by atoms with van der Waals surface area (Å²) in [5, 5.41) is 22.1. The highest BCUT2D eigenvalue weighted by molar-refractivity contribution is 5.75. The van der Waals surface area contributed by atoms with Gasteiger partial charge in [0.25, 0.3) is 0 Å². The number of carbonyl (C=O) groups excluding carboxylic acids is 1. The van der Waals surface area contributed by atoms with Crippen molar-refractivity contribution >= 4 is 17.5 Å². The van der Waals surface area contributed by atoms with Gasteiger partial charge in [-0.1, -0.05) is 12.1 Å². The van der Waals surface area contributed by atoms with Crippen LogP contribution in [0.4, 0.5) is 29.2 Å². The Kier molecular flexibility index (Phi) is 11.3. The van der Waals surface area contributed by atoms with Gasteiger partial charge in [-0.2, -0.15) is 17.6 Å². The van der Waals surface area contributed by atoms with Gasteiger partial charge >= 0.3 is 6.18 Å². The maximum atomic E-state index is 15.1. The number of nitrogens with zero attached hydrogens (tertiary/aromatic N) is 4. The molecule has 13 heteroatoms. The molecule has 36 heavy (non-hydrogen) atoms. The number of benzene rings is 1. The Morgan fingerprint density at radius 2 is 1.92 bits per heavy atom. The average Bonchev–Trinajstić information content (AvgIpc) is 2.81. The van der Waals surface area contributed by atoms with E-state index in [1.165, 1.54) is 18.5 Å². The van der Waals surface area contributed by atoms with Crippen molar-refractivity contribution in [1.29, 1.82) is 0 Å². The summed E-state index contributed by atoms with van der Waals surface area (Å²) in [4.78, 5) is 22.3. The van der Waals surface area contributed by atoms with Gasteiger partial charge in [0.2, 0.25) is 11.7 Å². The number of amides is 1. The van der Waals surface area contributed by atoms with Crippen LogP contribution in [0.25, 0.3) is 0 Å². The first-order chi connectivity index (χ1) is 17.0. The maximum Gasteiger partial charge on any atom is 0.416 e. The van der Waals surface area contributed by atoms with Crippen LogP contribution in [0.2, 0.25) is 0 Å². The number of aliphatic hydroxyl groups excluding tert-OH is 2. The molecular formula is C23H32F4N6O3. The molecule has 0 aliphatic heterocycles. The van der Waals surface area contributed by atoms with Crippen LogP contribution in [0.1, 0.15) is 30.9 Å². The van der Waals surface area contributed by atoms with E-state index in [0.29, 0.717) is 25.1 Å². The SMILES string of the molecule is CCN(Cc1ccc(C(F)(F)F)cc1)c1ncnc(NCC[C@H](O)CN(CCCO)CC(N)=O)c1F. The van der Waals surface area contributed by atoms with E-state index in [4.69, 9.17) is 10.8 Å². The second kappa shape index (κ2) is 13.9. The molecule has 0 saturated carbocycles. The quantitative estimate of drug-likeness (QED) is 0.265. The van der Waals surface area contributed by atoms with Gasteiger partial charge in [0.05, 0.1) is 18.2 Å². The van der Waals surface area contributed by atoms with E-state index in [2.05, 4.69) is 15.3 Å². The molecule has 1 atom stereocenters. The summed E-state index contributed by atoms with van der Waals surface area (Å²) in [5.74, 6) is -1.36. The van der Waals surface area contributed by atoms with E-state index in [9.17, 15) is 23.1 Å². The molecule has 1 heterocycles. The largest absolute Gasteiger partial charge is 0.416 e. The van der Waals surface area contributed by atoms with Gasteiger partial charge in [-0.3, -0.25) is 9.69 Å². The molecule has 0 aliphatic carbocycles. The first-order valence-electron chi connectivity index (χ1n) is 11.5. The van der Waals surface area contributed by atoms with Crippen molar-refractivity contribution < 1.29 is 32.6 Å². The number of carbonyl (C=O) groups is 1. The molecule has 0 fully saturated rings. The highest BCUT2D eigenvalue weighted by Gasteiger charge is 2.30. The third-order valence-corrected chi connectivity index (χ3v) is 5.36. The topological polar surface area (TPSA) is 128 Å². The molecular weight excluding hydrogens is 484 g/mol. The minimum absolute atomic E-state index is 0.00733. The highest BCUT2D eigenvalue weighted by atomic mass is 19.4. The van der Waals surface area contributed by atoms with Gasteiger partial charge < -0.3 is 26.2 Å². The molecule has 2 aromatic rings. The molecule has 2 rings (SSSR count). The van der Waals surface area contributed by atoms with E-state index in [1.54, 1.807) is 16.7 Å². The van der Waals surface area contributed by atoms with E-state index in [0.717, 1.165) is 12.1 Å². The predicted octanol–water partition coefficient (Wildman–Crippen LogP) is 1.99. The number of nitrogens with one attached hydrogen (secondary N) is 1. The summed E-state index contributed by atoms with van der Waals surface area (Å²) >= 11 is 0. The Hall–Kier alpha value is -3.03. The monoisotopic (exact) mass is 516 g/mol. The number of hydrogen-bond acceptors (Lipinski definition) is 8. The molecule has 0 spiro atoms. The number of primary amides is 1. The number of aliphatic hydroxyl groups is 2. The zero-order valence-corrected chi connectivity index (χ0v) is 20.0. The smallest absolute Gasteiger partial charge is 0.396 e. The highest BCUT2D eigenvalue weighted by Crippen LogP contribution is 2.29. The van der Waals surface area contributed by atoms with E-state index in [-0.39, 0.29) is 50.8 Å². The number of hydrogen-bond donors (Lipinski definition) is 4. The molecule has 0 bridgehead atoms. The van der Waals surface area contributed by atoms with E-state index in [1.807, 2.05) is 0 Å². The number of rotatable bonds is 15. The second-order valence-electron chi connectivity index (χ2n) is 8.22. The lowest BCUT2D eigenvalue weighted by atomic mass is 10.1. The fraction of sp³-hybridized carbons (Fsp3) is 0.522. The van der Waals surface area contributed by atoms with Crippen LogP contribution in [0.15, 0.2) is 30.6 Å². The number of anilines is 2.